The van der Waals surface area contributed by atoms with Gasteiger partial charge in [0, 0.05) is 12.5 Å². The number of esters is 1. The van der Waals surface area contributed by atoms with E-state index in [1.165, 1.54) is 0 Å². The summed E-state index contributed by atoms with van der Waals surface area (Å²) in [7, 11) is 0. The minimum atomic E-state index is -0.769. The first kappa shape index (κ1) is 14.9. The van der Waals surface area contributed by atoms with Gasteiger partial charge < -0.3 is 10.5 Å². The SMILES string of the molecule is CCCOC(=O)C(=O)CC(C)N.Cl. The molecule has 0 heterocycles. The van der Waals surface area contributed by atoms with Gasteiger partial charge in [-0.3, -0.25) is 4.79 Å². The van der Waals surface area contributed by atoms with Gasteiger partial charge in [-0.2, -0.15) is 0 Å². The van der Waals surface area contributed by atoms with E-state index in [1.54, 1.807) is 6.92 Å². The van der Waals surface area contributed by atoms with Crippen molar-refractivity contribution in [3.05, 3.63) is 0 Å². The minimum Gasteiger partial charge on any atom is -0.460 e. The number of carbonyl (C=O) groups excluding carboxylic acids is 2. The molecule has 5 heteroatoms. The predicted molar refractivity (Wildman–Crippen MR) is 51.8 cm³/mol. The van der Waals surface area contributed by atoms with Crippen molar-refractivity contribution in [1.82, 2.24) is 0 Å². The first-order valence-corrected chi connectivity index (χ1v) is 4.03. The van der Waals surface area contributed by atoms with Crippen LogP contribution < -0.4 is 5.73 Å². The molecule has 0 aromatic carbocycles. The summed E-state index contributed by atoms with van der Waals surface area (Å²) >= 11 is 0. The molecule has 0 spiro atoms. The van der Waals surface area contributed by atoms with Crippen LogP contribution in [0.5, 0.6) is 0 Å². The molecule has 0 fully saturated rings. The van der Waals surface area contributed by atoms with Crippen LogP contribution in [0.1, 0.15) is 26.7 Å². The van der Waals surface area contributed by atoms with Crippen LogP contribution in [0.3, 0.4) is 0 Å². The maximum Gasteiger partial charge on any atom is 0.374 e. The van der Waals surface area contributed by atoms with Crippen LogP contribution in [-0.4, -0.2) is 24.4 Å². The summed E-state index contributed by atoms with van der Waals surface area (Å²) in [4.78, 5) is 21.7. The largest absolute Gasteiger partial charge is 0.460 e. The van der Waals surface area contributed by atoms with Crippen LogP contribution in [0.15, 0.2) is 0 Å². The number of hydrogen-bond acceptors (Lipinski definition) is 4. The Kier molecular flexibility index (Phi) is 9.17. The van der Waals surface area contributed by atoms with Crippen LogP contribution >= 0.6 is 12.4 Å². The third-order valence-corrected chi connectivity index (χ3v) is 1.17. The average Bonchev–Trinajstić information content (AvgIpc) is 1.98. The van der Waals surface area contributed by atoms with E-state index >= 15 is 0 Å². The average molecular weight is 210 g/mol. The highest BCUT2D eigenvalue weighted by Crippen LogP contribution is 1.92. The Morgan fingerprint density at radius 1 is 1.46 bits per heavy atom. The van der Waals surface area contributed by atoms with E-state index < -0.39 is 11.8 Å². The van der Waals surface area contributed by atoms with Gasteiger partial charge in [-0.05, 0) is 13.3 Å². The highest BCUT2D eigenvalue weighted by Gasteiger charge is 2.15. The lowest BCUT2D eigenvalue weighted by Crippen LogP contribution is -2.26. The van der Waals surface area contributed by atoms with Crippen LogP contribution in [-0.2, 0) is 14.3 Å². The van der Waals surface area contributed by atoms with Crippen molar-refractivity contribution in [3.63, 3.8) is 0 Å². The monoisotopic (exact) mass is 209 g/mol. The molecule has 78 valence electrons. The number of ketones is 1. The minimum absolute atomic E-state index is 0. The number of nitrogens with two attached hydrogens (primary N) is 1. The van der Waals surface area contributed by atoms with E-state index in [2.05, 4.69) is 4.74 Å². The van der Waals surface area contributed by atoms with E-state index in [1.807, 2.05) is 6.92 Å². The molecule has 0 bridgehead atoms. The number of rotatable bonds is 5. The van der Waals surface area contributed by atoms with Crippen LogP contribution in [0, 0.1) is 0 Å². The number of ether oxygens (including phenoxy) is 1. The van der Waals surface area contributed by atoms with E-state index in [9.17, 15) is 9.59 Å². The van der Waals surface area contributed by atoms with Gasteiger partial charge in [0.15, 0.2) is 0 Å². The zero-order chi connectivity index (χ0) is 9.56. The van der Waals surface area contributed by atoms with E-state index in [0.717, 1.165) is 6.42 Å². The highest BCUT2D eigenvalue weighted by atomic mass is 35.5. The van der Waals surface area contributed by atoms with Gasteiger partial charge in [-0.15, -0.1) is 12.4 Å². The summed E-state index contributed by atoms with van der Waals surface area (Å²) in [5.41, 5.74) is 5.33. The molecule has 0 aliphatic rings. The standard InChI is InChI=1S/C8H15NO3.ClH/c1-3-4-12-8(11)7(10)5-6(2)9;/h6H,3-5,9H2,1-2H3;1H. The fraction of sp³-hybridized carbons (Fsp3) is 0.750. The lowest BCUT2D eigenvalue weighted by Gasteiger charge is -2.03. The van der Waals surface area contributed by atoms with Gasteiger partial charge in [0.1, 0.15) is 0 Å². The lowest BCUT2D eigenvalue weighted by atomic mass is 10.2. The highest BCUT2D eigenvalue weighted by molar-refractivity contribution is 6.33. The second kappa shape index (κ2) is 8.01. The van der Waals surface area contributed by atoms with E-state index in [4.69, 9.17) is 5.73 Å². The summed E-state index contributed by atoms with van der Waals surface area (Å²) in [5.74, 6) is -1.31. The molecule has 0 radical (unpaired) electrons. The Morgan fingerprint density at radius 3 is 2.38 bits per heavy atom. The van der Waals surface area contributed by atoms with Gasteiger partial charge in [0.05, 0.1) is 6.61 Å². The number of hydrogen-bond donors (Lipinski definition) is 1. The van der Waals surface area contributed by atoms with Gasteiger partial charge in [-0.1, -0.05) is 6.92 Å². The maximum absolute atomic E-state index is 10.9. The molecule has 1 unspecified atom stereocenters. The number of halogens is 1. The maximum atomic E-state index is 10.9. The Morgan fingerprint density at radius 2 is 2.00 bits per heavy atom. The molecule has 0 saturated carbocycles. The van der Waals surface area contributed by atoms with Crippen molar-refractivity contribution in [2.75, 3.05) is 6.61 Å². The van der Waals surface area contributed by atoms with Crippen LogP contribution in [0.25, 0.3) is 0 Å². The van der Waals surface area contributed by atoms with Crippen molar-refractivity contribution in [2.24, 2.45) is 5.73 Å². The Balaban J connectivity index is 0. The Bertz CT molecular complexity index is 171. The molecule has 13 heavy (non-hydrogen) atoms. The van der Waals surface area contributed by atoms with Gasteiger partial charge in [0.2, 0.25) is 5.78 Å². The lowest BCUT2D eigenvalue weighted by molar-refractivity contribution is -0.154. The van der Waals surface area contributed by atoms with E-state index in [-0.39, 0.29) is 24.9 Å². The summed E-state index contributed by atoms with van der Waals surface area (Å²) in [5, 5.41) is 0. The number of carbonyl (C=O) groups is 2. The van der Waals surface area contributed by atoms with E-state index in [0.29, 0.717) is 6.61 Å². The Hall–Kier alpha value is -0.610. The van der Waals surface area contributed by atoms with Gasteiger partial charge in [0.25, 0.3) is 0 Å². The topological polar surface area (TPSA) is 69.4 Å². The first-order valence-electron chi connectivity index (χ1n) is 4.03. The smallest absolute Gasteiger partial charge is 0.374 e. The molecule has 1 atom stereocenters. The normalized spacial score (nSPS) is 11.3. The molecule has 0 rings (SSSR count). The van der Waals surface area contributed by atoms with Gasteiger partial charge >= 0.3 is 5.97 Å². The van der Waals surface area contributed by atoms with Crippen LogP contribution in [0.4, 0.5) is 0 Å². The van der Waals surface area contributed by atoms with Crippen molar-refractivity contribution in [1.29, 1.82) is 0 Å². The Labute approximate surface area is 84.2 Å². The first-order chi connectivity index (χ1) is 5.57. The molecule has 0 aromatic heterocycles. The summed E-state index contributed by atoms with van der Waals surface area (Å²) in [6, 6.07) is -0.285. The second-order valence-electron chi connectivity index (χ2n) is 2.74. The summed E-state index contributed by atoms with van der Waals surface area (Å²) in [6.07, 6.45) is 0.778. The van der Waals surface area contributed by atoms with Crippen molar-refractivity contribution < 1.29 is 14.3 Å². The molecule has 0 saturated heterocycles. The summed E-state index contributed by atoms with van der Waals surface area (Å²) in [6.45, 7) is 3.83. The molecular formula is C8H16ClNO3. The zero-order valence-electron chi connectivity index (χ0n) is 7.91. The molecule has 0 aliphatic heterocycles. The van der Waals surface area contributed by atoms with Crippen molar-refractivity contribution >= 4 is 24.2 Å². The third kappa shape index (κ3) is 7.74. The molecule has 0 amide bonds. The van der Waals surface area contributed by atoms with Crippen molar-refractivity contribution in [3.8, 4) is 0 Å². The van der Waals surface area contributed by atoms with Crippen molar-refractivity contribution in [2.45, 2.75) is 32.7 Å². The second-order valence-corrected chi connectivity index (χ2v) is 2.74. The quantitative estimate of drug-likeness (QED) is 0.534. The third-order valence-electron chi connectivity index (χ3n) is 1.17. The molecule has 0 aliphatic carbocycles. The molecule has 2 N–H and O–H groups in total. The molecular weight excluding hydrogens is 194 g/mol. The fourth-order valence-corrected chi connectivity index (χ4v) is 0.651. The summed E-state index contributed by atoms with van der Waals surface area (Å²) < 4.78 is 4.61. The number of Topliss-reactive ketones (excluding diaryl/α,β-unsaturated/α-hetero) is 1. The zero-order valence-corrected chi connectivity index (χ0v) is 8.73. The predicted octanol–water partition coefficient (Wildman–Crippen LogP) is 0.668. The fourth-order valence-electron chi connectivity index (χ4n) is 0.651. The molecule has 4 nitrogen and oxygen atoms in total. The molecule has 0 aromatic rings. The van der Waals surface area contributed by atoms with Crippen LogP contribution in [0.2, 0.25) is 0 Å². The van der Waals surface area contributed by atoms with Gasteiger partial charge in [-0.25, -0.2) is 4.79 Å².